The summed E-state index contributed by atoms with van der Waals surface area (Å²) in [5, 5.41) is 8.44. The van der Waals surface area contributed by atoms with E-state index in [0.29, 0.717) is 0 Å². The van der Waals surface area contributed by atoms with Gasteiger partial charge in [-0.2, -0.15) is 0 Å². The van der Waals surface area contributed by atoms with Crippen molar-refractivity contribution in [2.24, 2.45) is 0 Å². The van der Waals surface area contributed by atoms with E-state index in [4.69, 9.17) is 4.74 Å². The van der Waals surface area contributed by atoms with Crippen LogP contribution in [-0.2, 0) is 13.0 Å². The molecule has 0 aliphatic carbocycles. The molecule has 2 aromatic carbocycles. The van der Waals surface area contributed by atoms with Gasteiger partial charge in [0.1, 0.15) is 11.4 Å². The fraction of sp³-hybridized carbons (Fsp3) is 0.222. The lowest BCUT2D eigenvalue weighted by Gasteiger charge is -2.01. The highest BCUT2D eigenvalue weighted by atomic mass is 16.5. The summed E-state index contributed by atoms with van der Waals surface area (Å²) in [7, 11) is 1.66. The normalized spacial score (nSPS) is 10.6. The molecule has 4 nitrogen and oxygen atoms in total. The van der Waals surface area contributed by atoms with E-state index in [2.05, 4.69) is 34.6 Å². The monoisotopic (exact) mass is 293 g/mol. The van der Waals surface area contributed by atoms with Crippen LogP contribution in [0.2, 0.25) is 0 Å². The van der Waals surface area contributed by atoms with Gasteiger partial charge in [0.25, 0.3) is 0 Å². The molecular formula is C18H19N3O. The molecule has 0 unspecified atom stereocenters. The molecule has 0 atom stereocenters. The fourth-order valence-electron chi connectivity index (χ4n) is 2.39. The lowest BCUT2D eigenvalue weighted by molar-refractivity contribution is 0.415. The van der Waals surface area contributed by atoms with E-state index in [-0.39, 0.29) is 0 Å². The van der Waals surface area contributed by atoms with E-state index in [0.717, 1.165) is 36.4 Å². The molecule has 0 saturated carbocycles. The van der Waals surface area contributed by atoms with Crippen molar-refractivity contribution in [3.63, 3.8) is 0 Å². The summed E-state index contributed by atoms with van der Waals surface area (Å²) in [6.07, 6.45) is 4.10. The van der Waals surface area contributed by atoms with Crippen molar-refractivity contribution in [2.75, 3.05) is 7.11 Å². The molecule has 1 aromatic heterocycles. The SMILES string of the molecule is COc1ccc(-c2cn(CCCc3ccccc3)nn2)cc1. The first-order valence-corrected chi connectivity index (χ1v) is 7.43. The quantitative estimate of drug-likeness (QED) is 0.697. The van der Waals surface area contributed by atoms with Gasteiger partial charge in [-0.05, 0) is 42.7 Å². The highest BCUT2D eigenvalue weighted by Crippen LogP contribution is 2.20. The van der Waals surface area contributed by atoms with Crippen LogP contribution >= 0.6 is 0 Å². The molecule has 1 heterocycles. The maximum Gasteiger partial charge on any atom is 0.118 e. The molecule has 0 aliphatic rings. The topological polar surface area (TPSA) is 39.9 Å². The molecule has 0 fully saturated rings. The van der Waals surface area contributed by atoms with Gasteiger partial charge in [-0.1, -0.05) is 35.5 Å². The zero-order valence-electron chi connectivity index (χ0n) is 12.6. The molecule has 0 amide bonds. The predicted molar refractivity (Wildman–Crippen MR) is 86.8 cm³/mol. The average molecular weight is 293 g/mol. The molecule has 0 bridgehead atoms. The minimum absolute atomic E-state index is 0.846. The van der Waals surface area contributed by atoms with Gasteiger partial charge in [0.2, 0.25) is 0 Å². The number of benzene rings is 2. The van der Waals surface area contributed by atoms with Gasteiger partial charge in [0, 0.05) is 12.1 Å². The van der Waals surface area contributed by atoms with Gasteiger partial charge in [0.15, 0.2) is 0 Å². The summed E-state index contributed by atoms with van der Waals surface area (Å²) in [5.41, 5.74) is 3.30. The average Bonchev–Trinajstić information content (AvgIpc) is 3.05. The van der Waals surface area contributed by atoms with E-state index < -0.39 is 0 Å². The first kappa shape index (κ1) is 14.3. The van der Waals surface area contributed by atoms with Crippen molar-refractivity contribution in [1.82, 2.24) is 15.0 Å². The van der Waals surface area contributed by atoms with E-state index in [1.165, 1.54) is 5.56 Å². The minimum atomic E-state index is 0.846. The molecule has 112 valence electrons. The van der Waals surface area contributed by atoms with Crippen LogP contribution < -0.4 is 4.74 Å². The van der Waals surface area contributed by atoms with Crippen molar-refractivity contribution in [1.29, 1.82) is 0 Å². The first-order valence-electron chi connectivity index (χ1n) is 7.43. The predicted octanol–water partition coefficient (Wildman–Crippen LogP) is 3.59. The Hall–Kier alpha value is -2.62. The third kappa shape index (κ3) is 3.52. The van der Waals surface area contributed by atoms with Gasteiger partial charge in [-0.15, -0.1) is 5.10 Å². The number of aryl methyl sites for hydroxylation is 2. The second-order valence-electron chi connectivity index (χ2n) is 5.18. The maximum atomic E-state index is 5.16. The third-order valence-corrected chi connectivity index (χ3v) is 3.62. The maximum absolute atomic E-state index is 5.16. The zero-order chi connectivity index (χ0) is 15.2. The van der Waals surface area contributed by atoms with Crippen LogP contribution in [-0.4, -0.2) is 22.1 Å². The summed E-state index contributed by atoms with van der Waals surface area (Å²) in [6.45, 7) is 0.873. The Kier molecular flexibility index (Phi) is 4.49. The van der Waals surface area contributed by atoms with Crippen LogP contribution in [0.15, 0.2) is 60.8 Å². The van der Waals surface area contributed by atoms with Crippen molar-refractivity contribution in [2.45, 2.75) is 19.4 Å². The van der Waals surface area contributed by atoms with Crippen LogP contribution in [0, 0.1) is 0 Å². The Morgan fingerprint density at radius 2 is 1.77 bits per heavy atom. The Balaban J connectivity index is 1.58. The second kappa shape index (κ2) is 6.89. The molecule has 3 aromatic rings. The summed E-state index contributed by atoms with van der Waals surface area (Å²) >= 11 is 0. The Morgan fingerprint density at radius 1 is 1.00 bits per heavy atom. The van der Waals surface area contributed by atoms with Crippen molar-refractivity contribution >= 4 is 0 Å². The number of methoxy groups -OCH3 is 1. The van der Waals surface area contributed by atoms with Crippen LogP contribution in [0.3, 0.4) is 0 Å². The lowest BCUT2D eigenvalue weighted by Crippen LogP contribution is -2.00. The number of hydrogen-bond acceptors (Lipinski definition) is 3. The fourth-order valence-corrected chi connectivity index (χ4v) is 2.39. The highest BCUT2D eigenvalue weighted by Gasteiger charge is 2.04. The molecule has 0 aliphatic heterocycles. The molecule has 0 N–H and O–H groups in total. The number of rotatable bonds is 6. The van der Waals surface area contributed by atoms with Crippen molar-refractivity contribution < 1.29 is 4.74 Å². The summed E-state index contributed by atoms with van der Waals surface area (Å²) < 4.78 is 7.07. The van der Waals surface area contributed by atoms with E-state index in [1.807, 2.05) is 41.2 Å². The number of hydrogen-bond donors (Lipinski definition) is 0. The van der Waals surface area contributed by atoms with Crippen molar-refractivity contribution in [3.8, 4) is 17.0 Å². The largest absolute Gasteiger partial charge is 0.497 e. The van der Waals surface area contributed by atoms with Gasteiger partial charge in [-0.25, -0.2) is 0 Å². The van der Waals surface area contributed by atoms with Gasteiger partial charge < -0.3 is 4.74 Å². The molecule has 0 spiro atoms. The summed E-state index contributed by atoms with van der Waals surface area (Å²) in [5.74, 6) is 0.846. The standard InChI is InChI=1S/C18H19N3O/c1-22-17-11-9-16(10-12-17)18-14-21(20-19-18)13-5-8-15-6-3-2-4-7-15/h2-4,6-7,9-12,14H,5,8,13H2,1H3. The smallest absolute Gasteiger partial charge is 0.118 e. The molecule has 0 saturated heterocycles. The van der Waals surface area contributed by atoms with Gasteiger partial charge >= 0.3 is 0 Å². The molecule has 3 rings (SSSR count). The van der Waals surface area contributed by atoms with E-state index >= 15 is 0 Å². The van der Waals surface area contributed by atoms with E-state index in [9.17, 15) is 0 Å². The molecule has 4 heteroatoms. The van der Waals surface area contributed by atoms with Crippen LogP contribution in [0.1, 0.15) is 12.0 Å². The lowest BCUT2D eigenvalue weighted by atomic mass is 10.1. The summed E-state index contributed by atoms with van der Waals surface area (Å²) in [4.78, 5) is 0. The molecule has 0 radical (unpaired) electrons. The van der Waals surface area contributed by atoms with E-state index in [1.54, 1.807) is 7.11 Å². The molecular weight excluding hydrogens is 274 g/mol. The van der Waals surface area contributed by atoms with Crippen LogP contribution in [0.4, 0.5) is 0 Å². The highest BCUT2D eigenvalue weighted by molar-refractivity contribution is 5.58. The minimum Gasteiger partial charge on any atom is -0.497 e. The zero-order valence-corrected chi connectivity index (χ0v) is 12.6. The number of ether oxygens (including phenoxy) is 1. The second-order valence-corrected chi connectivity index (χ2v) is 5.18. The first-order chi connectivity index (χ1) is 10.8. The Morgan fingerprint density at radius 3 is 2.50 bits per heavy atom. The Labute approximate surface area is 130 Å². The Bertz CT molecular complexity index is 705. The third-order valence-electron chi connectivity index (χ3n) is 3.62. The number of nitrogens with zero attached hydrogens (tertiary/aromatic N) is 3. The van der Waals surface area contributed by atoms with Crippen LogP contribution in [0.5, 0.6) is 5.75 Å². The number of aromatic nitrogens is 3. The van der Waals surface area contributed by atoms with Crippen LogP contribution in [0.25, 0.3) is 11.3 Å². The summed E-state index contributed by atoms with van der Waals surface area (Å²) in [6, 6.07) is 18.4. The van der Waals surface area contributed by atoms with Crippen molar-refractivity contribution in [3.05, 3.63) is 66.4 Å². The van der Waals surface area contributed by atoms with Gasteiger partial charge in [-0.3, -0.25) is 4.68 Å². The van der Waals surface area contributed by atoms with Gasteiger partial charge in [0.05, 0.1) is 13.3 Å². The molecule has 22 heavy (non-hydrogen) atoms.